The van der Waals surface area contributed by atoms with Crippen LogP contribution >= 0.6 is 0 Å². The van der Waals surface area contributed by atoms with Gasteiger partial charge < -0.3 is 10.6 Å². The zero-order valence-corrected chi connectivity index (χ0v) is 28.5. The van der Waals surface area contributed by atoms with Crippen LogP contribution in [0.25, 0.3) is 61.2 Å². The van der Waals surface area contributed by atoms with Crippen LogP contribution in [0.2, 0.25) is 0 Å². The zero-order valence-electron chi connectivity index (χ0n) is 28.5. The summed E-state index contributed by atoms with van der Waals surface area (Å²) < 4.78 is 3.51. The van der Waals surface area contributed by atoms with Gasteiger partial charge in [-0.15, -0.1) is 0 Å². The smallest absolute Gasteiger partial charge is 0.267 e. The van der Waals surface area contributed by atoms with Crippen molar-refractivity contribution >= 4 is 23.0 Å². The highest BCUT2D eigenvalue weighted by atomic mass is 16.1. The monoisotopic (exact) mass is 674 g/mol. The van der Waals surface area contributed by atoms with Gasteiger partial charge in [-0.1, -0.05) is 32.6 Å². The van der Waals surface area contributed by atoms with Gasteiger partial charge in [0.25, 0.3) is 11.7 Å². The quantitative estimate of drug-likeness (QED) is 0.154. The number of hydrogen-bond donors (Lipinski definition) is 3. The van der Waals surface area contributed by atoms with Crippen molar-refractivity contribution in [2.24, 2.45) is 5.73 Å². The molecular weight excluding hydrogens is 641 g/mol. The molecule has 8 aromatic rings. The van der Waals surface area contributed by atoms with Gasteiger partial charge in [0.2, 0.25) is 5.65 Å². The van der Waals surface area contributed by atoms with Crippen LogP contribution in [0, 0.1) is 20.4 Å². The van der Waals surface area contributed by atoms with Crippen LogP contribution in [0.15, 0.2) is 85.5 Å². The molecule has 8 aromatic heterocycles. The van der Waals surface area contributed by atoms with E-state index in [2.05, 4.69) is 59.0 Å². The highest BCUT2D eigenvalue weighted by molar-refractivity contribution is 5.92. The van der Waals surface area contributed by atoms with E-state index in [4.69, 9.17) is 12.3 Å². The van der Waals surface area contributed by atoms with Crippen LogP contribution in [0.5, 0.6) is 0 Å². The van der Waals surface area contributed by atoms with Crippen molar-refractivity contribution < 1.29 is 4.79 Å². The molecule has 0 spiro atoms. The molecule has 0 aliphatic heterocycles. The number of primary amides is 1. The molecule has 51 heavy (non-hydrogen) atoms. The molecule has 0 radical (unpaired) electrons. The number of carbonyl (C=O) groups excluding carboxylic acids is 1. The second-order valence-electron chi connectivity index (χ2n) is 11.9. The number of aromatic nitrogens is 10. The number of aryl methyl sites for hydroxylation is 4. The summed E-state index contributed by atoms with van der Waals surface area (Å²) in [6.07, 6.45) is 8.50. The predicted octanol–water partition coefficient (Wildman–Crippen LogP) is 6.96. The number of fused-ring (bicyclic) bond motifs is 2. The van der Waals surface area contributed by atoms with Gasteiger partial charge in [0.05, 0.1) is 30.0 Å². The number of pyridine rings is 4. The fraction of sp³-hybridized carbons (Fsp3) is 0.158. The second kappa shape index (κ2) is 13.5. The first-order valence-electron chi connectivity index (χ1n) is 16.4. The van der Waals surface area contributed by atoms with Gasteiger partial charge in [-0.3, -0.25) is 29.4 Å². The topological polar surface area (TPSA) is 165 Å². The molecule has 0 aliphatic carbocycles. The van der Waals surface area contributed by atoms with E-state index in [1.165, 1.54) is 6.20 Å². The molecule has 0 atom stereocenters. The number of hydrogen-bond acceptors (Lipinski definition) is 7. The third-order valence-electron chi connectivity index (χ3n) is 8.59. The van der Waals surface area contributed by atoms with Gasteiger partial charge in [-0.25, -0.2) is 14.4 Å². The molecule has 8 heterocycles. The number of aromatic amines is 2. The van der Waals surface area contributed by atoms with E-state index in [0.29, 0.717) is 17.2 Å². The lowest BCUT2D eigenvalue weighted by atomic mass is 10.0. The molecule has 8 rings (SSSR count). The Morgan fingerprint density at radius 3 is 1.75 bits per heavy atom. The first-order chi connectivity index (χ1) is 24.8. The van der Waals surface area contributed by atoms with Gasteiger partial charge >= 0.3 is 0 Å². The van der Waals surface area contributed by atoms with Gasteiger partial charge in [0, 0.05) is 57.3 Å². The summed E-state index contributed by atoms with van der Waals surface area (Å²) in [7, 11) is 0. The first kappa shape index (κ1) is 32.6. The number of nitrogens with two attached hydrogens (primary N) is 1. The molecule has 1 amide bonds. The molecule has 0 aliphatic rings. The molecule has 0 saturated heterocycles. The highest BCUT2D eigenvalue weighted by Crippen LogP contribution is 2.35. The fourth-order valence-corrected chi connectivity index (χ4v) is 6.12. The Bertz CT molecular complexity index is 2600. The summed E-state index contributed by atoms with van der Waals surface area (Å²) in [6, 6.07) is 19.5. The van der Waals surface area contributed by atoms with Crippen LogP contribution in [0.1, 0.15) is 47.1 Å². The Hall–Kier alpha value is -6.94. The summed E-state index contributed by atoms with van der Waals surface area (Å²) in [5, 5.41) is 15.3. The van der Waals surface area contributed by atoms with Crippen LogP contribution in [0.3, 0.4) is 0 Å². The van der Waals surface area contributed by atoms with Crippen molar-refractivity contribution in [2.45, 2.75) is 40.5 Å². The van der Waals surface area contributed by atoms with Gasteiger partial charge in [0.15, 0.2) is 0 Å². The maximum atomic E-state index is 11.7. The SMILES string of the molecule is CCc1[nH]nc(-c2cccc(C)n2)c1-c1ccc2ncc(C(N)=O)n2c1.[C-]#[N+]c1cnc2ccc(-c3c(-c4cccc(C)n4)n[nH]c3CC)cn12. The Labute approximate surface area is 293 Å². The molecule has 0 unspecified atom stereocenters. The third kappa shape index (κ3) is 6.10. The molecule has 0 aromatic carbocycles. The van der Waals surface area contributed by atoms with E-state index < -0.39 is 5.91 Å². The third-order valence-corrected chi connectivity index (χ3v) is 8.59. The Morgan fingerprint density at radius 1 is 0.745 bits per heavy atom. The van der Waals surface area contributed by atoms with Crippen molar-refractivity contribution in [3.63, 3.8) is 0 Å². The van der Waals surface area contributed by atoms with Crippen molar-refractivity contribution in [3.8, 4) is 45.0 Å². The Balaban J connectivity index is 0.000000159. The maximum Gasteiger partial charge on any atom is 0.267 e. The fourth-order valence-electron chi connectivity index (χ4n) is 6.12. The lowest BCUT2D eigenvalue weighted by Gasteiger charge is -2.07. The van der Waals surface area contributed by atoms with E-state index >= 15 is 0 Å². The number of rotatable bonds is 7. The van der Waals surface area contributed by atoms with Crippen molar-refractivity contribution in [2.75, 3.05) is 0 Å². The lowest BCUT2D eigenvalue weighted by Crippen LogP contribution is -2.13. The number of amides is 1. The average molecular weight is 675 g/mol. The molecule has 0 bridgehead atoms. The largest absolute Gasteiger partial charge is 0.364 e. The number of nitrogens with one attached hydrogen (secondary N) is 2. The van der Waals surface area contributed by atoms with Crippen LogP contribution in [-0.2, 0) is 12.8 Å². The lowest BCUT2D eigenvalue weighted by molar-refractivity contribution is 0.0994. The van der Waals surface area contributed by atoms with E-state index in [1.807, 2.05) is 91.3 Å². The molecule has 0 fully saturated rings. The summed E-state index contributed by atoms with van der Waals surface area (Å²) in [6.45, 7) is 15.4. The molecule has 252 valence electrons. The second-order valence-corrected chi connectivity index (χ2v) is 11.9. The molecule has 4 N–H and O–H groups in total. The number of nitrogens with zero attached hydrogens (tertiary/aromatic N) is 9. The van der Waals surface area contributed by atoms with Crippen molar-refractivity contribution in [1.29, 1.82) is 0 Å². The van der Waals surface area contributed by atoms with Crippen LogP contribution < -0.4 is 5.73 Å². The minimum atomic E-state index is -0.516. The standard InChI is InChI=1S/C19H18N6O.C19H16N6/c1-3-13-17(18(24-23-13)14-6-4-5-11(2)22-14)12-7-8-16-21-9-15(19(20)26)25(16)10-12;1-4-14-18(19(24-23-14)15-7-5-6-12(2)22-15)13-8-9-16-21-10-17(20-3)25(16)11-13/h4-10H,3H2,1-2H3,(H2,20,26)(H,23,24);5-11H,4H2,1-2H3,(H,23,24). The highest BCUT2D eigenvalue weighted by Gasteiger charge is 2.20. The normalized spacial score (nSPS) is 11.0. The summed E-state index contributed by atoms with van der Waals surface area (Å²) in [5.41, 5.74) is 18.3. The number of carbonyl (C=O) groups is 1. The predicted molar refractivity (Wildman–Crippen MR) is 195 cm³/mol. The number of imidazole rings is 2. The van der Waals surface area contributed by atoms with Crippen molar-refractivity contribution in [3.05, 3.63) is 125 Å². The van der Waals surface area contributed by atoms with Crippen LogP contribution in [-0.4, -0.2) is 55.0 Å². The molecule has 13 nitrogen and oxygen atoms in total. The minimum absolute atomic E-state index is 0.346. The van der Waals surface area contributed by atoms with E-state index in [9.17, 15) is 4.79 Å². The Morgan fingerprint density at radius 2 is 1.25 bits per heavy atom. The summed E-state index contributed by atoms with van der Waals surface area (Å²) in [5.74, 6) is -0.0215. The average Bonchev–Trinajstić information content (AvgIpc) is 3.95. The molecular formula is C38H34N12O. The molecule has 0 saturated carbocycles. The van der Waals surface area contributed by atoms with Gasteiger partial charge in [-0.05, 0) is 69.2 Å². The van der Waals surface area contributed by atoms with E-state index in [-0.39, 0.29) is 0 Å². The molecule has 13 heteroatoms. The van der Waals surface area contributed by atoms with Crippen molar-refractivity contribution in [1.82, 2.24) is 49.1 Å². The first-order valence-corrected chi connectivity index (χ1v) is 16.4. The van der Waals surface area contributed by atoms with E-state index in [0.717, 1.165) is 86.3 Å². The summed E-state index contributed by atoms with van der Waals surface area (Å²) in [4.78, 5) is 32.9. The van der Waals surface area contributed by atoms with Gasteiger partial charge in [0.1, 0.15) is 22.7 Å². The maximum absolute atomic E-state index is 11.7. The zero-order chi connectivity index (χ0) is 35.6. The van der Waals surface area contributed by atoms with E-state index in [1.54, 1.807) is 10.6 Å². The summed E-state index contributed by atoms with van der Waals surface area (Å²) >= 11 is 0. The van der Waals surface area contributed by atoms with Gasteiger partial charge in [-0.2, -0.15) is 10.2 Å². The van der Waals surface area contributed by atoms with Crippen LogP contribution in [0.4, 0.5) is 5.82 Å². The Kier molecular flexibility index (Phi) is 8.64. The number of H-pyrrole nitrogens is 2. The minimum Gasteiger partial charge on any atom is -0.364 e.